The molecule has 1 aromatic heterocycles. The summed E-state index contributed by atoms with van der Waals surface area (Å²) in [6.45, 7) is 1.21. The molecule has 0 unspecified atom stereocenters. The summed E-state index contributed by atoms with van der Waals surface area (Å²) in [6, 6.07) is 3.33. The zero-order chi connectivity index (χ0) is 24.1. The minimum absolute atomic E-state index is 0.0367. The number of anilines is 1. The highest BCUT2D eigenvalue weighted by Crippen LogP contribution is 2.78. The first-order chi connectivity index (χ1) is 15.2. The molecule has 33 heavy (non-hydrogen) atoms. The highest BCUT2D eigenvalue weighted by molar-refractivity contribution is 6.01. The average Bonchev–Trinajstić information content (AvgIpc) is 2.92. The van der Waals surface area contributed by atoms with Gasteiger partial charge in [0.1, 0.15) is 0 Å². The minimum atomic E-state index is -4.80. The maximum absolute atomic E-state index is 13.7. The van der Waals surface area contributed by atoms with Crippen molar-refractivity contribution in [2.75, 3.05) is 5.32 Å². The quantitative estimate of drug-likeness (QED) is 0.666. The van der Waals surface area contributed by atoms with Crippen molar-refractivity contribution in [2.45, 2.75) is 55.8 Å². The van der Waals surface area contributed by atoms with E-state index < -0.39 is 58.7 Å². The molecule has 2 aromatic rings. The van der Waals surface area contributed by atoms with E-state index in [1.165, 1.54) is 26.2 Å². The number of halogens is 6. The highest BCUT2D eigenvalue weighted by atomic mass is 19.4. The van der Waals surface area contributed by atoms with Crippen LogP contribution in [0.2, 0.25) is 0 Å². The molecule has 2 bridgehead atoms. The molecule has 0 radical (unpaired) electrons. The normalized spacial score (nSPS) is 32.7. The van der Waals surface area contributed by atoms with Gasteiger partial charge < -0.3 is 15.2 Å². The van der Waals surface area contributed by atoms with Crippen molar-refractivity contribution >= 4 is 11.6 Å². The Balaban J connectivity index is 1.57. The van der Waals surface area contributed by atoms with Gasteiger partial charge in [-0.2, -0.15) is 31.4 Å². The standard InChI is InChI=1S/C21H19F6N3O3/c1-9-10(20(22,23)24)4-3-5-12(9)28-17(32)19-8-18(19,16-13(31)6-14(19)33-16)11-7-30(2)29-15(11)21(25,26)27/h3-5,7,13-14,16,31H,6,8H2,1-2H3,(H,28,32)/t13-,14+,16-,18+,19+/m0/s1. The Kier molecular flexibility index (Phi) is 4.37. The highest BCUT2D eigenvalue weighted by Gasteiger charge is 2.88. The second kappa shape index (κ2) is 6.50. The Morgan fingerprint density at radius 1 is 1.24 bits per heavy atom. The molecule has 1 amide bonds. The molecular formula is C21H19F6N3O3. The van der Waals surface area contributed by atoms with Gasteiger partial charge in [-0.15, -0.1) is 0 Å². The summed E-state index contributed by atoms with van der Waals surface area (Å²) in [5.41, 5.74) is -5.57. The van der Waals surface area contributed by atoms with E-state index in [1.807, 2.05) is 0 Å². The minimum Gasteiger partial charge on any atom is -0.390 e. The van der Waals surface area contributed by atoms with Crippen molar-refractivity contribution < 1.29 is 41.0 Å². The number of alkyl halides is 6. The van der Waals surface area contributed by atoms with Gasteiger partial charge in [0.05, 0.1) is 29.3 Å². The molecule has 6 nitrogen and oxygen atoms in total. The van der Waals surface area contributed by atoms with Crippen LogP contribution in [0.1, 0.15) is 35.2 Å². The van der Waals surface area contributed by atoms with Crippen molar-refractivity contribution in [3.05, 3.63) is 46.8 Å². The number of aliphatic hydroxyl groups excluding tert-OH is 1. The predicted octanol–water partition coefficient (Wildman–Crippen LogP) is 3.56. The van der Waals surface area contributed by atoms with Crippen LogP contribution in [0.3, 0.4) is 0 Å². The summed E-state index contributed by atoms with van der Waals surface area (Å²) in [4.78, 5) is 13.5. The molecule has 1 aromatic carbocycles. The van der Waals surface area contributed by atoms with E-state index in [9.17, 15) is 36.2 Å². The number of amides is 1. The van der Waals surface area contributed by atoms with Crippen LogP contribution < -0.4 is 5.32 Å². The molecule has 5 atom stereocenters. The molecule has 1 aliphatic carbocycles. The zero-order valence-electron chi connectivity index (χ0n) is 17.4. The topological polar surface area (TPSA) is 76.4 Å². The van der Waals surface area contributed by atoms with Gasteiger partial charge in [-0.1, -0.05) is 6.07 Å². The number of aliphatic hydroxyl groups is 1. The molecule has 2 aliphatic heterocycles. The predicted molar refractivity (Wildman–Crippen MR) is 101 cm³/mol. The Morgan fingerprint density at radius 3 is 2.58 bits per heavy atom. The van der Waals surface area contributed by atoms with Gasteiger partial charge in [0, 0.05) is 36.3 Å². The molecule has 3 fully saturated rings. The van der Waals surface area contributed by atoms with Crippen LogP contribution in [-0.4, -0.2) is 39.1 Å². The molecule has 3 aliphatic rings. The van der Waals surface area contributed by atoms with Gasteiger partial charge in [-0.25, -0.2) is 0 Å². The number of carbonyl (C=O) groups is 1. The number of nitrogens with one attached hydrogen (secondary N) is 1. The number of nitrogens with zero attached hydrogens (tertiary/aromatic N) is 2. The second-order valence-corrected chi connectivity index (χ2v) is 8.96. The Morgan fingerprint density at radius 2 is 1.94 bits per heavy atom. The van der Waals surface area contributed by atoms with E-state index in [2.05, 4.69) is 10.4 Å². The smallest absolute Gasteiger partial charge is 0.390 e. The van der Waals surface area contributed by atoms with Crippen molar-refractivity contribution in [3.8, 4) is 0 Å². The van der Waals surface area contributed by atoms with Crippen molar-refractivity contribution in [1.82, 2.24) is 9.78 Å². The van der Waals surface area contributed by atoms with E-state index >= 15 is 0 Å². The first-order valence-electron chi connectivity index (χ1n) is 10.2. The third-order valence-electron chi connectivity index (χ3n) is 7.25. The molecule has 2 saturated heterocycles. The lowest BCUT2D eigenvalue weighted by Gasteiger charge is -2.29. The summed E-state index contributed by atoms with van der Waals surface area (Å²) in [7, 11) is 1.32. The summed E-state index contributed by atoms with van der Waals surface area (Å²) < 4.78 is 87.8. The number of rotatable bonds is 3. The van der Waals surface area contributed by atoms with Gasteiger partial charge in [-0.3, -0.25) is 9.48 Å². The second-order valence-electron chi connectivity index (χ2n) is 8.96. The molecule has 1 saturated carbocycles. The summed E-state index contributed by atoms with van der Waals surface area (Å²) in [6.07, 6.45) is -11.3. The Bertz CT molecular complexity index is 1160. The molecule has 5 rings (SSSR count). The lowest BCUT2D eigenvalue weighted by atomic mass is 9.73. The Labute approximate surface area is 183 Å². The lowest BCUT2D eigenvalue weighted by molar-refractivity contribution is -0.143. The number of fused-ring (bicyclic) bond motifs is 5. The number of benzene rings is 1. The molecule has 178 valence electrons. The number of hydrogen-bond donors (Lipinski definition) is 2. The largest absolute Gasteiger partial charge is 0.435 e. The van der Waals surface area contributed by atoms with Crippen LogP contribution in [0.4, 0.5) is 32.0 Å². The number of aromatic nitrogens is 2. The van der Waals surface area contributed by atoms with Crippen LogP contribution in [0.25, 0.3) is 0 Å². The molecular weight excluding hydrogens is 456 g/mol. The molecule has 3 heterocycles. The van der Waals surface area contributed by atoms with E-state index in [0.717, 1.165) is 16.8 Å². The molecule has 2 N–H and O–H groups in total. The number of carbonyl (C=O) groups excluding carboxylic acids is 1. The number of aryl methyl sites for hydroxylation is 1. The third kappa shape index (κ3) is 2.82. The van der Waals surface area contributed by atoms with Crippen LogP contribution in [0.15, 0.2) is 24.4 Å². The maximum atomic E-state index is 13.7. The van der Waals surface area contributed by atoms with Crippen molar-refractivity contribution in [3.63, 3.8) is 0 Å². The number of hydrogen-bond acceptors (Lipinski definition) is 4. The van der Waals surface area contributed by atoms with E-state index in [1.54, 1.807) is 0 Å². The van der Waals surface area contributed by atoms with E-state index in [4.69, 9.17) is 4.74 Å². The zero-order valence-corrected chi connectivity index (χ0v) is 17.4. The van der Waals surface area contributed by atoms with Gasteiger partial charge in [-0.05, 0) is 31.0 Å². The molecule has 0 spiro atoms. The number of ether oxygens (including phenoxy) is 1. The fourth-order valence-electron chi connectivity index (χ4n) is 5.83. The Hall–Kier alpha value is -2.60. The third-order valence-corrected chi connectivity index (χ3v) is 7.25. The van der Waals surface area contributed by atoms with Crippen molar-refractivity contribution in [1.29, 1.82) is 0 Å². The summed E-state index contributed by atoms with van der Waals surface area (Å²) >= 11 is 0. The van der Waals surface area contributed by atoms with Crippen LogP contribution in [0.5, 0.6) is 0 Å². The fraction of sp³-hybridized carbons (Fsp3) is 0.524. The maximum Gasteiger partial charge on any atom is 0.435 e. The summed E-state index contributed by atoms with van der Waals surface area (Å²) in [5.74, 6) is -0.735. The lowest BCUT2D eigenvalue weighted by Crippen LogP contribution is -2.45. The van der Waals surface area contributed by atoms with Gasteiger partial charge >= 0.3 is 12.4 Å². The van der Waals surface area contributed by atoms with Gasteiger partial charge in [0.25, 0.3) is 0 Å². The van der Waals surface area contributed by atoms with E-state index in [-0.39, 0.29) is 29.7 Å². The van der Waals surface area contributed by atoms with Crippen LogP contribution in [-0.2, 0) is 34.3 Å². The molecule has 12 heteroatoms. The van der Waals surface area contributed by atoms with Crippen molar-refractivity contribution in [2.24, 2.45) is 12.5 Å². The van der Waals surface area contributed by atoms with Gasteiger partial charge in [0.15, 0.2) is 5.69 Å². The SMILES string of the molecule is Cc1c(NC(=O)[C@]23C[C@@]2(c2cn(C)nc2C(F)(F)F)[C@H]2O[C@@H]3C[C@@H]2O)cccc1C(F)(F)F. The van der Waals surface area contributed by atoms with Crippen LogP contribution in [0, 0.1) is 12.3 Å². The summed E-state index contributed by atoms with van der Waals surface area (Å²) in [5, 5.41) is 16.4. The first kappa shape index (κ1) is 22.2. The fourth-order valence-corrected chi connectivity index (χ4v) is 5.83. The van der Waals surface area contributed by atoms with E-state index in [0.29, 0.717) is 0 Å². The van der Waals surface area contributed by atoms with Crippen LogP contribution >= 0.6 is 0 Å². The van der Waals surface area contributed by atoms with Gasteiger partial charge in [0.2, 0.25) is 5.91 Å². The monoisotopic (exact) mass is 475 g/mol. The average molecular weight is 475 g/mol. The first-order valence-corrected chi connectivity index (χ1v) is 10.2.